The minimum absolute atomic E-state index is 0.111. The first kappa shape index (κ1) is 14.8. The highest BCUT2D eigenvalue weighted by atomic mass is 19.1. The molecule has 0 spiro atoms. The number of benzene rings is 1. The van der Waals surface area contributed by atoms with Crippen molar-refractivity contribution in [1.29, 1.82) is 0 Å². The summed E-state index contributed by atoms with van der Waals surface area (Å²) >= 11 is 0. The lowest BCUT2D eigenvalue weighted by Crippen LogP contribution is -2.36. The van der Waals surface area contributed by atoms with Crippen LogP contribution in [0.3, 0.4) is 0 Å². The van der Waals surface area contributed by atoms with E-state index in [-0.39, 0.29) is 11.7 Å². The molecule has 1 aliphatic heterocycles. The first-order chi connectivity index (χ1) is 9.69. The van der Waals surface area contributed by atoms with E-state index in [4.69, 9.17) is 4.74 Å². The molecule has 1 heterocycles. The van der Waals surface area contributed by atoms with E-state index in [0.29, 0.717) is 25.3 Å². The number of ether oxygens (including phenoxy) is 1. The van der Waals surface area contributed by atoms with Gasteiger partial charge < -0.3 is 15.4 Å². The molecule has 1 fully saturated rings. The molecule has 5 heteroatoms. The smallest absolute Gasteiger partial charge is 0.261 e. The third kappa shape index (κ3) is 4.20. The lowest BCUT2D eigenvalue weighted by atomic mass is 10.1. The largest absolute Gasteiger partial charge is 0.480 e. The van der Waals surface area contributed by atoms with Crippen LogP contribution in [-0.2, 0) is 11.3 Å². The second kappa shape index (κ2) is 7.24. The standard InChI is InChI=1S/C15H21FN2O2/c1-2-17-10-11-7-12(16)9-13(8-11)20-14-5-3-4-6-18-15(14)19/h7-9,14,17H,2-6,10H2,1H3,(H,18,19). The molecule has 20 heavy (non-hydrogen) atoms. The molecule has 0 radical (unpaired) electrons. The van der Waals surface area contributed by atoms with Gasteiger partial charge in [0.05, 0.1) is 0 Å². The zero-order valence-electron chi connectivity index (χ0n) is 11.7. The van der Waals surface area contributed by atoms with Crippen LogP contribution in [0.2, 0.25) is 0 Å². The van der Waals surface area contributed by atoms with Crippen molar-refractivity contribution in [2.45, 2.75) is 38.8 Å². The van der Waals surface area contributed by atoms with Crippen molar-refractivity contribution >= 4 is 5.91 Å². The summed E-state index contributed by atoms with van der Waals surface area (Å²) in [6.45, 7) is 4.08. The van der Waals surface area contributed by atoms with Gasteiger partial charge in [-0.3, -0.25) is 4.79 Å². The third-order valence-electron chi connectivity index (χ3n) is 3.27. The number of hydrogen-bond donors (Lipinski definition) is 2. The number of amides is 1. The topological polar surface area (TPSA) is 50.4 Å². The Bertz CT molecular complexity index is 465. The number of rotatable bonds is 5. The van der Waals surface area contributed by atoms with E-state index >= 15 is 0 Å². The number of halogens is 1. The first-order valence-electron chi connectivity index (χ1n) is 7.13. The van der Waals surface area contributed by atoms with Crippen molar-refractivity contribution < 1.29 is 13.9 Å². The zero-order chi connectivity index (χ0) is 14.4. The van der Waals surface area contributed by atoms with Gasteiger partial charge in [-0.2, -0.15) is 0 Å². The SMILES string of the molecule is CCNCc1cc(F)cc(OC2CCCCNC2=O)c1. The van der Waals surface area contributed by atoms with Crippen molar-refractivity contribution in [2.75, 3.05) is 13.1 Å². The Balaban J connectivity index is 2.07. The predicted molar refractivity (Wildman–Crippen MR) is 75.1 cm³/mol. The van der Waals surface area contributed by atoms with E-state index in [1.54, 1.807) is 6.07 Å². The summed E-state index contributed by atoms with van der Waals surface area (Å²) in [5, 5.41) is 5.95. The van der Waals surface area contributed by atoms with Gasteiger partial charge in [-0.1, -0.05) is 6.92 Å². The van der Waals surface area contributed by atoms with Gasteiger partial charge in [-0.05, 0) is 43.5 Å². The molecule has 0 saturated carbocycles. The maximum absolute atomic E-state index is 13.6. The van der Waals surface area contributed by atoms with Gasteiger partial charge in [0.2, 0.25) is 0 Å². The van der Waals surface area contributed by atoms with Gasteiger partial charge in [-0.25, -0.2) is 4.39 Å². The molecule has 1 aromatic carbocycles. The molecule has 2 N–H and O–H groups in total. The fourth-order valence-corrected chi connectivity index (χ4v) is 2.25. The summed E-state index contributed by atoms with van der Waals surface area (Å²) < 4.78 is 19.2. The molecule has 1 unspecified atom stereocenters. The zero-order valence-corrected chi connectivity index (χ0v) is 11.7. The summed E-state index contributed by atoms with van der Waals surface area (Å²) in [6.07, 6.45) is 2.04. The molecule has 0 aliphatic carbocycles. The van der Waals surface area contributed by atoms with E-state index in [1.165, 1.54) is 12.1 Å². The van der Waals surface area contributed by atoms with Crippen molar-refractivity contribution in [3.05, 3.63) is 29.6 Å². The maximum atomic E-state index is 13.6. The second-order valence-corrected chi connectivity index (χ2v) is 4.97. The van der Waals surface area contributed by atoms with Crippen LogP contribution in [0, 0.1) is 5.82 Å². The quantitative estimate of drug-likeness (QED) is 0.867. The molecule has 0 bridgehead atoms. The lowest BCUT2D eigenvalue weighted by molar-refractivity contribution is -0.127. The molecule has 0 aromatic heterocycles. The van der Waals surface area contributed by atoms with Crippen molar-refractivity contribution in [3.63, 3.8) is 0 Å². The Morgan fingerprint density at radius 2 is 2.25 bits per heavy atom. The van der Waals surface area contributed by atoms with Crippen LogP contribution in [0.1, 0.15) is 31.7 Å². The molecular formula is C15H21FN2O2. The number of hydrogen-bond acceptors (Lipinski definition) is 3. The van der Waals surface area contributed by atoms with Gasteiger partial charge in [0.25, 0.3) is 5.91 Å². The highest BCUT2D eigenvalue weighted by Crippen LogP contribution is 2.20. The predicted octanol–water partition coefficient (Wildman–Crippen LogP) is 1.98. The number of carbonyl (C=O) groups excluding carboxylic acids is 1. The Morgan fingerprint density at radius 1 is 1.40 bits per heavy atom. The first-order valence-corrected chi connectivity index (χ1v) is 7.13. The Morgan fingerprint density at radius 3 is 3.05 bits per heavy atom. The summed E-state index contributed by atoms with van der Waals surface area (Å²) in [5.74, 6) is -0.0376. The fourth-order valence-electron chi connectivity index (χ4n) is 2.25. The second-order valence-electron chi connectivity index (χ2n) is 4.97. The third-order valence-corrected chi connectivity index (χ3v) is 3.27. The van der Waals surface area contributed by atoms with Gasteiger partial charge in [-0.15, -0.1) is 0 Å². The van der Waals surface area contributed by atoms with Gasteiger partial charge >= 0.3 is 0 Å². The minimum Gasteiger partial charge on any atom is -0.480 e. The molecule has 2 rings (SSSR count). The molecule has 1 saturated heterocycles. The maximum Gasteiger partial charge on any atom is 0.261 e. The molecule has 1 amide bonds. The Hall–Kier alpha value is -1.62. The highest BCUT2D eigenvalue weighted by Gasteiger charge is 2.22. The normalized spacial score (nSPS) is 19.3. The Kier molecular flexibility index (Phi) is 5.35. The average molecular weight is 280 g/mol. The molecular weight excluding hydrogens is 259 g/mol. The van der Waals surface area contributed by atoms with Gasteiger partial charge in [0.15, 0.2) is 6.10 Å². The van der Waals surface area contributed by atoms with Crippen molar-refractivity contribution in [3.8, 4) is 5.75 Å². The molecule has 110 valence electrons. The monoisotopic (exact) mass is 280 g/mol. The van der Waals surface area contributed by atoms with Crippen LogP contribution in [0.15, 0.2) is 18.2 Å². The molecule has 1 aromatic rings. The lowest BCUT2D eigenvalue weighted by Gasteiger charge is -2.16. The van der Waals surface area contributed by atoms with Crippen molar-refractivity contribution in [2.24, 2.45) is 0 Å². The molecule has 4 nitrogen and oxygen atoms in total. The average Bonchev–Trinajstić information content (AvgIpc) is 2.61. The van der Waals surface area contributed by atoms with Crippen LogP contribution in [0.4, 0.5) is 4.39 Å². The summed E-state index contributed by atoms with van der Waals surface area (Å²) in [6, 6.07) is 4.58. The number of nitrogens with one attached hydrogen (secondary N) is 2. The fraction of sp³-hybridized carbons (Fsp3) is 0.533. The summed E-state index contributed by atoms with van der Waals surface area (Å²) in [4.78, 5) is 11.8. The Labute approximate surface area is 118 Å². The minimum atomic E-state index is -0.522. The van der Waals surface area contributed by atoms with E-state index in [2.05, 4.69) is 10.6 Å². The van der Waals surface area contributed by atoms with Gasteiger partial charge in [0.1, 0.15) is 11.6 Å². The van der Waals surface area contributed by atoms with Crippen LogP contribution in [-0.4, -0.2) is 25.1 Å². The molecule has 1 aliphatic rings. The van der Waals surface area contributed by atoms with Crippen molar-refractivity contribution in [1.82, 2.24) is 10.6 Å². The number of carbonyl (C=O) groups is 1. The van der Waals surface area contributed by atoms with Crippen LogP contribution >= 0.6 is 0 Å². The van der Waals surface area contributed by atoms with E-state index < -0.39 is 6.10 Å². The van der Waals surface area contributed by atoms with Crippen LogP contribution in [0.25, 0.3) is 0 Å². The summed E-state index contributed by atoms with van der Waals surface area (Å²) in [7, 11) is 0. The van der Waals surface area contributed by atoms with E-state index in [0.717, 1.165) is 24.9 Å². The van der Waals surface area contributed by atoms with Gasteiger partial charge in [0, 0.05) is 19.2 Å². The van der Waals surface area contributed by atoms with Crippen LogP contribution < -0.4 is 15.4 Å². The van der Waals surface area contributed by atoms with E-state index in [9.17, 15) is 9.18 Å². The van der Waals surface area contributed by atoms with E-state index in [1.807, 2.05) is 6.92 Å². The van der Waals surface area contributed by atoms with Crippen LogP contribution in [0.5, 0.6) is 5.75 Å². The highest BCUT2D eigenvalue weighted by molar-refractivity contribution is 5.81. The molecule has 1 atom stereocenters. The summed E-state index contributed by atoms with van der Waals surface area (Å²) in [5.41, 5.74) is 0.816.